The number of thiazole rings is 1. The average molecular weight is 576 g/mol. The van der Waals surface area contributed by atoms with Crippen LogP contribution in [0.4, 0.5) is 5.13 Å². The van der Waals surface area contributed by atoms with Crippen LogP contribution in [0.1, 0.15) is 26.5 Å². The standard InChI is InChI=1S/C20H22ClN5O9S2/c1-20(2,3)18(32)34-7-33-17(31)13-8(21)5-36-16-12(15(30)26(13)16)24-14(29)11(25-35-4-10(27)28)9-6-37-19(22)23-9/h6,12,16H,4-5,7H2,1-3H3,(H2,22,23)(H,24,29)(H,27,28)/t12?,16-/m1/s1. The molecule has 2 amide bonds. The molecule has 3 rings (SSSR count). The number of β-lactam (4-membered cyclic amide) rings is 1. The molecule has 0 bridgehead atoms. The number of carbonyl (C=O) groups is 5. The Bertz CT molecular complexity index is 1190. The van der Waals surface area contributed by atoms with Crippen LogP contribution in [0.3, 0.4) is 0 Å². The number of thioether (sulfide) groups is 1. The number of nitrogens with two attached hydrogens (primary N) is 1. The van der Waals surface area contributed by atoms with Crippen molar-refractivity contribution in [1.82, 2.24) is 15.2 Å². The van der Waals surface area contributed by atoms with Crippen molar-refractivity contribution in [1.29, 1.82) is 0 Å². The second kappa shape index (κ2) is 11.4. The summed E-state index contributed by atoms with van der Waals surface area (Å²) in [6.45, 7) is 3.40. The number of carboxylic acid groups (broad SMARTS) is 1. The summed E-state index contributed by atoms with van der Waals surface area (Å²) in [7, 11) is 0. The number of carbonyl (C=O) groups excluding carboxylic acids is 4. The van der Waals surface area contributed by atoms with E-state index in [4.69, 9.17) is 31.9 Å². The minimum Gasteiger partial charge on any atom is -0.479 e. The Morgan fingerprint density at radius 1 is 1.32 bits per heavy atom. The number of halogens is 1. The van der Waals surface area contributed by atoms with Crippen molar-refractivity contribution in [2.45, 2.75) is 32.2 Å². The third-order valence-corrected chi connectivity index (χ3v) is 7.14. The fraction of sp³-hybridized carbons (Fsp3) is 0.450. The number of amides is 2. The molecule has 2 aliphatic heterocycles. The van der Waals surface area contributed by atoms with E-state index in [-0.39, 0.29) is 27.3 Å². The summed E-state index contributed by atoms with van der Waals surface area (Å²) >= 11 is 8.38. The van der Waals surface area contributed by atoms with Crippen molar-refractivity contribution in [2.24, 2.45) is 10.6 Å². The molecule has 14 nitrogen and oxygen atoms in total. The molecule has 1 unspecified atom stereocenters. The second-order valence-corrected chi connectivity index (χ2v) is 11.0. The number of aromatic nitrogens is 1. The number of esters is 2. The highest BCUT2D eigenvalue weighted by atomic mass is 35.5. The zero-order valence-electron chi connectivity index (χ0n) is 19.7. The predicted octanol–water partition coefficient (Wildman–Crippen LogP) is 0.471. The molecule has 0 spiro atoms. The lowest BCUT2D eigenvalue weighted by molar-refractivity contribution is -0.173. The van der Waals surface area contributed by atoms with E-state index in [9.17, 15) is 24.0 Å². The molecule has 0 aromatic carbocycles. The molecule has 1 aromatic heterocycles. The van der Waals surface area contributed by atoms with Crippen LogP contribution in [-0.4, -0.2) is 81.0 Å². The summed E-state index contributed by atoms with van der Waals surface area (Å²) < 4.78 is 9.89. The number of hydrogen-bond donors (Lipinski definition) is 3. The number of nitrogen functional groups attached to an aromatic ring is 1. The van der Waals surface area contributed by atoms with Crippen molar-refractivity contribution in [3.05, 3.63) is 21.8 Å². The summed E-state index contributed by atoms with van der Waals surface area (Å²) in [5.41, 5.74) is 4.20. The first-order valence-corrected chi connectivity index (χ1v) is 12.7. The lowest BCUT2D eigenvalue weighted by Gasteiger charge is -2.49. The SMILES string of the molecule is CC(C)(C)C(=O)OCOC(=O)C1=C(Cl)CS[C@@H]2C(NC(=O)C(=NOCC(=O)O)c3csc(N)n3)C(=O)N12. The number of nitrogens with one attached hydrogen (secondary N) is 1. The Balaban J connectivity index is 1.69. The Kier molecular flexibility index (Phi) is 8.65. The van der Waals surface area contributed by atoms with Crippen LogP contribution in [0.15, 0.2) is 21.3 Å². The summed E-state index contributed by atoms with van der Waals surface area (Å²) in [5, 5.41) is 15.6. The molecule has 0 saturated carbocycles. The van der Waals surface area contributed by atoms with Crippen LogP contribution in [0, 0.1) is 5.41 Å². The fourth-order valence-corrected chi connectivity index (χ4v) is 5.05. The third-order valence-electron chi connectivity index (χ3n) is 4.72. The zero-order chi connectivity index (χ0) is 27.5. The van der Waals surface area contributed by atoms with Gasteiger partial charge in [-0.05, 0) is 20.8 Å². The summed E-state index contributed by atoms with van der Waals surface area (Å²) in [5.74, 6) is -4.29. The van der Waals surface area contributed by atoms with E-state index in [1.165, 1.54) is 17.1 Å². The van der Waals surface area contributed by atoms with Gasteiger partial charge in [-0.15, -0.1) is 23.1 Å². The second-order valence-electron chi connectivity index (χ2n) is 8.52. The number of carboxylic acids is 1. The minimum absolute atomic E-state index is 0.0160. The van der Waals surface area contributed by atoms with Crippen LogP contribution in [0.5, 0.6) is 0 Å². The van der Waals surface area contributed by atoms with Crippen LogP contribution in [-0.2, 0) is 38.3 Å². The van der Waals surface area contributed by atoms with Gasteiger partial charge in [0.15, 0.2) is 10.8 Å². The molecule has 1 fully saturated rings. The van der Waals surface area contributed by atoms with Gasteiger partial charge in [-0.1, -0.05) is 16.8 Å². The molecule has 0 radical (unpaired) electrons. The molecule has 37 heavy (non-hydrogen) atoms. The Hall–Kier alpha value is -3.37. The molecule has 1 aromatic rings. The highest BCUT2D eigenvalue weighted by Crippen LogP contribution is 2.41. The van der Waals surface area contributed by atoms with Crippen LogP contribution >= 0.6 is 34.7 Å². The zero-order valence-corrected chi connectivity index (χ0v) is 22.1. The number of anilines is 1. The maximum absolute atomic E-state index is 12.9. The molecule has 4 N–H and O–H groups in total. The molecule has 1 saturated heterocycles. The molecule has 2 atom stereocenters. The Morgan fingerprint density at radius 2 is 2.03 bits per heavy atom. The first kappa shape index (κ1) is 28.2. The molecular weight excluding hydrogens is 554 g/mol. The quantitative estimate of drug-likeness (QED) is 0.121. The van der Waals surface area contributed by atoms with Gasteiger partial charge in [0.2, 0.25) is 13.4 Å². The highest BCUT2D eigenvalue weighted by Gasteiger charge is 2.54. The summed E-state index contributed by atoms with van der Waals surface area (Å²) in [6.07, 6.45) is 0. The number of aliphatic carboxylic acids is 1. The molecule has 17 heteroatoms. The van der Waals surface area contributed by atoms with Gasteiger partial charge < -0.3 is 30.5 Å². The van der Waals surface area contributed by atoms with Crippen LogP contribution < -0.4 is 11.1 Å². The number of nitrogens with zero attached hydrogens (tertiary/aromatic N) is 3. The summed E-state index contributed by atoms with van der Waals surface area (Å²) in [6, 6.07) is -1.08. The number of hydrogen-bond acceptors (Lipinski definition) is 13. The van der Waals surface area contributed by atoms with E-state index in [2.05, 4.69) is 20.3 Å². The Morgan fingerprint density at radius 3 is 2.62 bits per heavy atom. The van der Waals surface area contributed by atoms with Gasteiger partial charge in [-0.3, -0.25) is 19.3 Å². The van der Waals surface area contributed by atoms with Crippen molar-refractivity contribution in [2.75, 3.05) is 24.9 Å². The lowest BCUT2D eigenvalue weighted by Crippen LogP contribution is -2.71. The smallest absolute Gasteiger partial charge is 0.359 e. The van der Waals surface area contributed by atoms with Crippen molar-refractivity contribution in [3.8, 4) is 0 Å². The number of fused-ring (bicyclic) bond motifs is 1. The van der Waals surface area contributed by atoms with Gasteiger partial charge in [-0.2, -0.15) is 0 Å². The molecule has 0 aliphatic carbocycles. The van der Waals surface area contributed by atoms with Crippen molar-refractivity contribution < 1.29 is 43.4 Å². The van der Waals surface area contributed by atoms with E-state index >= 15 is 0 Å². The largest absolute Gasteiger partial charge is 0.479 e. The van der Waals surface area contributed by atoms with Gasteiger partial charge in [0.05, 0.1) is 10.4 Å². The van der Waals surface area contributed by atoms with Crippen molar-refractivity contribution in [3.63, 3.8) is 0 Å². The van der Waals surface area contributed by atoms with E-state index in [0.717, 1.165) is 16.2 Å². The van der Waals surface area contributed by atoms with Gasteiger partial charge >= 0.3 is 17.9 Å². The van der Waals surface area contributed by atoms with E-state index in [0.29, 0.717) is 0 Å². The Labute approximate surface area is 223 Å². The van der Waals surface area contributed by atoms with Gasteiger partial charge in [0, 0.05) is 11.1 Å². The monoisotopic (exact) mass is 575 g/mol. The fourth-order valence-electron chi connectivity index (χ4n) is 2.96. The molecule has 2 aliphatic rings. The summed E-state index contributed by atoms with van der Waals surface area (Å²) in [4.78, 5) is 70.7. The topological polar surface area (TPSA) is 200 Å². The molecule has 200 valence electrons. The van der Waals surface area contributed by atoms with E-state index in [1.54, 1.807) is 20.8 Å². The van der Waals surface area contributed by atoms with Crippen LogP contribution in [0.2, 0.25) is 0 Å². The highest BCUT2D eigenvalue weighted by molar-refractivity contribution is 8.00. The normalized spacial score (nSPS) is 19.5. The lowest BCUT2D eigenvalue weighted by atomic mass is 9.98. The number of rotatable bonds is 9. The first-order chi connectivity index (χ1) is 17.3. The third kappa shape index (κ3) is 6.50. The van der Waals surface area contributed by atoms with Gasteiger partial charge in [-0.25, -0.2) is 14.6 Å². The van der Waals surface area contributed by atoms with Gasteiger partial charge in [0.1, 0.15) is 22.8 Å². The average Bonchev–Trinajstić information content (AvgIpc) is 3.24. The van der Waals surface area contributed by atoms with E-state index < -0.39 is 65.7 Å². The van der Waals surface area contributed by atoms with Crippen LogP contribution in [0.25, 0.3) is 0 Å². The maximum Gasteiger partial charge on any atom is 0.359 e. The van der Waals surface area contributed by atoms with Gasteiger partial charge in [0.25, 0.3) is 11.8 Å². The maximum atomic E-state index is 12.9. The van der Waals surface area contributed by atoms with Crippen molar-refractivity contribution >= 4 is 75.3 Å². The molecule has 3 heterocycles. The first-order valence-electron chi connectivity index (χ1n) is 10.4. The molecular formula is C20H22ClN5O9S2. The van der Waals surface area contributed by atoms with E-state index in [1.807, 2.05) is 0 Å². The number of oxime groups is 1. The minimum atomic E-state index is -1.32. The number of ether oxygens (including phenoxy) is 2. The predicted molar refractivity (Wildman–Crippen MR) is 131 cm³/mol.